The number of nitrogens with zero attached hydrogens (tertiary/aromatic N) is 2. The monoisotopic (exact) mass is 214 g/mol. The van der Waals surface area contributed by atoms with Crippen LogP contribution in [-0.4, -0.2) is 24.2 Å². The van der Waals surface area contributed by atoms with Crippen LogP contribution in [0, 0.1) is 0 Å². The van der Waals surface area contributed by atoms with Crippen LogP contribution in [0.2, 0.25) is 0 Å². The number of hydrogen-bond acceptors (Lipinski definition) is 3. The van der Waals surface area contributed by atoms with E-state index < -0.39 is 0 Å². The lowest BCUT2D eigenvalue weighted by molar-refractivity contribution is 0.181. The van der Waals surface area contributed by atoms with Crippen molar-refractivity contribution in [3.63, 3.8) is 0 Å². The van der Waals surface area contributed by atoms with Gasteiger partial charge in [0.15, 0.2) is 0 Å². The zero-order valence-corrected chi connectivity index (χ0v) is 8.59. The van der Waals surface area contributed by atoms with Crippen LogP contribution in [0.25, 0.3) is 10.9 Å². The summed E-state index contributed by atoms with van der Waals surface area (Å²) in [6.45, 7) is 1.05. The molecule has 1 fully saturated rings. The normalized spacial score (nSPS) is 15.5. The number of rotatable bonds is 1. The van der Waals surface area contributed by atoms with Crippen molar-refractivity contribution in [2.75, 3.05) is 18.1 Å². The maximum atomic E-state index is 11.4. The van der Waals surface area contributed by atoms with Crippen molar-refractivity contribution in [3.05, 3.63) is 36.5 Å². The molecule has 0 aliphatic carbocycles. The SMILES string of the molecule is O=C1OCCN1c1cnc2ccccc2c1. The molecular weight excluding hydrogens is 204 g/mol. The predicted molar refractivity (Wildman–Crippen MR) is 60.4 cm³/mol. The van der Waals surface area contributed by atoms with Crippen molar-refractivity contribution in [1.29, 1.82) is 0 Å². The van der Waals surface area contributed by atoms with Crippen molar-refractivity contribution < 1.29 is 9.53 Å². The molecule has 2 aromatic rings. The average molecular weight is 214 g/mol. The number of amides is 1. The van der Waals surface area contributed by atoms with Gasteiger partial charge in [0.2, 0.25) is 0 Å². The molecule has 1 amide bonds. The number of benzene rings is 1. The first kappa shape index (κ1) is 9.15. The van der Waals surface area contributed by atoms with E-state index in [1.807, 2.05) is 30.3 Å². The summed E-state index contributed by atoms with van der Waals surface area (Å²) in [6, 6.07) is 9.78. The van der Waals surface area contributed by atoms with E-state index in [1.165, 1.54) is 0 Å². The van der Waals surface area contributed by atoms with Gasteiger partial charge in [-0.25, -0.2) is 4.79 Å². The highest BCUT2D eigenvalue weighted by Crippen LogP contribution is 2.22. The Hall–Kier alpha value is -2.10. The van der Waals surface area contributed by atoms with Crippen molar-refractivity contribution in [3.8, 4) is 0 Å². The molecule has 1 aromatic carbocycles. The van der Waals surface area contributed by atoms with E-state index in [9.17, 15) is 4.79 Å². The van der Waals surface area contributed by atoms with E-state index in [4.69, 9.17) is 4.74 Å². The third kappa shape index (κ3) is 1.39. The molecule has 0 atom stereocenters. The third-order valence-corrected chi connectivity index (χ3v) is 2.65. The molecule has 80 valence electrons. The fraction of sp³-hybridized carbons (Fsp3) is 0.167. The lowest BCUT2D eigenvalue weighted by atomic mass is 10.2. The average Bonchev–Trinajstić information content (AvgIpc) is 2.75. The van der Waals surface area contributed by atoms with Crippen molar-refractivity contribution >= 4 is 22.7 Å². The predicted octanol–water partition coefficient (Wildman–Crippen LogP) is 2.19. The van der Waals surface area contributed by atoms with Crippen LogP contribution in [0.1, 0.15) is 0 Å². The second-order valence-corrected chi connectivity index (χ2v) is 3.65. The Morgan fingerprint density at radius 3 is 3.00 bits per heavy atom. The highest BCUT2D eigenvalue weighted by atomic mass is 16.6. The minimum absolute atomic E-state index is 0.294. The minimum Gasteiger partial charge on any atom is -0.447 e. The Labute approximate surface area is 92.5 Å². The van der Waals surface area contributed by atoms with Gasteiger partial charge >= 0.3 is 6.09 Å². The molecule has 1 aromatic heterocycles. The molecule has 4 heteroatoms. The second kappa shape index (κ2) is 3.48. The van der Waals surface area contributed by atoms with E-state index in [2.05, 4.69) is 4.98 Å². The van der Waals surface area contributed by atoms with Gasteiger partial charge in [-0.3, -0.25) is 9.88 Å². The molecule has 0 saturated carbocycles. The summed E-state index contributed by atoms with van der Waals surface area (Å²) in [6.07, 6.45) is 1.41. The number of cyclic esters (lactones) is 1. The molecule has 2 heterocycles. The van der Waals surface area contributed by atoms with Gasteiger partial charge in [0.1, 0.15) is 6.61 Å². The fourth-order valence-corrected chi connectivity index (χ4v) is 1.83. The van der Waals surface area contributed by atoms with Crippen molar-refractivity contribution in [2.24, 2.45) is 0 Å². The van der Waals surface area contributed by atoms with Gasteiger partial charge in [-0.15, -0.1) is 0 Å². The van der Waals surface area contributed by atoms with Crippen LogP contribution in [0.4, 0.5) is 10.5 Å². The molecule has 1 aliphatic rings. The zero-order chi connectivity index (χ0) is 11.0. The van der Waals surface area contributed by atoms with Crippen LogP contribution >= 0.6 is 0 Å². The Balaban J connectivity index is 2.08. The molecular formula is C12H10N2O2. The van der Waals surface area contributed by atoms with Gasteiger partial charge in [-0.1, -0.05) is 18.2 Å². The first-order valence-corrected chi connectivity index (χ1v) is 5.14. The topological polar surface area (TPSA) is 42.4 Å². The number of aromatic nitrogens is 1. The van der Waals surface area contributed by atoms with Gasteiger partial charge in [-0.2, -0.15) is 0 Å². The van der Waals surface area contributed by atoms with Crippen LogP contribution < -0.4 is 4.90 Å². The first-order chi connectivity index (χ1) is 7.84. The molecule has 1 saturated heterocycles. The van der Waals surface area contributed by atoms with Gasteiger partial charge in [0, 0.05) is 5.39 Å². The number of hydrogen-bond donors (Lipinski definition) is 0. The first-order valence-electron chi connectivity index (χ1n) is 5.14. The van der Waals surface area contributed by atoms with Crippen LogP contribution in [0.5, 0.6) is 0 Å². The van der Waals surface area contributed by atoms with E-state index in [0.717, 1.165) is 16.6 Å². The molecule has 3 rings (SSSR count). The van der Waals surface area contributed by atoms with E-state index >= 15 is 0 Å². The lowest BCUT2D eigenvalue weighted by Gasteiger charge is -2.12. The number of para-hydroxylation sites is 1. The Morgan fingerprint density at radius 2 is 2.19 bits per heavy atom. The molecule has 0 N–H and O–H groups in total. The summed E-state index contributed by atoms with van der Waals surface area (Å²) < 4.78 is 4.89. The third-order valence-electron chi connectivity index (χ3n) is 2.65. The molecule has 0 unspecified atom stereocenters. The molecule has 0 radical (unpaired) electrons. The summed E-state index contributed by atoms with van der Waals surface area (Å²) in [5.41, 5.74) is 1.72. The number of fused-ring (bicyclic) bond motifs is 1. The number of pyridine rings is 1. The van der Waals surface area contributed by atoms with Gasteiger partial charge in [-0.05, 0) is 12.1 Å². The van der Waals surface area contributed by atoms with E-state index in [0.29, 0.717) is 13.2 Å². The zero-order valence-electron chi connectivity index (χ0n) is 8.59. The van der Waals surface area contributed by atoms with E-state index in [1.54, 1.807) is 11.1 Å². The Morgan fingerprint density at radius 1 is 1.31 bits per heavy atom. The highest BCUT2D eigenvalue weighted by Gasteiger charge is 2.23. The number of anilines is 1. The molecule has 1 aliphatic heterocycles. The van der Waals surface area contributed by atoms with Crippen LogP contribution in [0.3, 0.4) is 0 Å². The van der Waals surface area contributed by atoms with Crippen LogP contribution in [-0.2, 0) is 4.74 Å². The number of carbonyl (C=O) groups excluding carboxylic acids is 1. The molecule has 4 nitrogen and oxygen atoms in total. The van der Waals surface area contributed by atoms with Gasteiger partial charge < -0.3 is 4.74 Å². The summed E-state index contributed by atoms with van der Waals surface area (Å²) >= 11 is 0. The van der Waals surface area contributed by atoms with Crippen molar-refractivity contribution in [2.45, 2.75) is 0 Å². The molecule has 0 spiro atoms. The van der Waals surface area contributed by atoms with Crippen LogP contribution in [0.15, 0.2) is 36.5 Å². The summed E-state index contributed by atoms with van der Waals surface area (Å²) in [5.74, 6) is 0. The lowest BCUT2D eigenvalue weighted by Crippen LogP contribution is -2.23. The summed E-state index contributed by atoms with van der Waals surface area (Å²) in [7, 11) is 0. The summed E-state index contributed by atoms with van der Waals surface area (Å²) in [5, 5.41) is 1.03. The van der Waals surface area contributed by atoms with E-state index in [-0.39, 0.29) is 6.09 Å². The minimum atomic E-state index is -0.294. The largest absolute Gasteiger partial charge is 0.447 e. The highest BCUT2D eigenvalue weighted by molar-refractivity contribution is 5.92. The maximum Gasteiger partial charge on any atom is 0.414 e. The maximum absolute atomic E-state index is 11.4. The summed E-state index contributed by atoms with van der Waals surface area (Å²) in [4.78, 5) is 17.3. The Kier molecular flexibility index (Phi) is 1.99. The smallest absolute Gasteiger partial charge is 0.414 e. The standard InChI is InChI=1S/C12H10N2O2/c15-12-14(5-6-16-12)10-7-9-3-1-2-4-11(9)13-8-10/h1-4,7-8H,5-6H2. The van der Waals surface area contributed by atoms with Gasteiger partial charge in [0.05, 0.1) is 23.9 Å². The molecule has 0 bridgehead atoms. The number of ether oxygens (including phenoxy) is 1. The quantitative estimate of drug-likeness (QED) is 0.730. The molecule has 16 heavy (non-hydrogen) atoms. The number of carbonyl (C=O) groups is 1. The van der Waals surface area contributed by atoms with Gasteiger partial charge in [0.25, 0.3) is 0 Å². The fourth-order valence-electron chi connectivity index (χ4n) is 1.83. The Bertz CT molecular complexity index is 553. The van der Waals surface area contributed by atoms with Crippen molar-refractivity contribution in [1.82, 2.24) is 4.98 Å². The second-order valence-electron chi connectivity index (χ2n) is 3.65.